The summed E-state index contributed by atoms with van der Waals surface area (Å²) in [6, 6.07) is 6.11. The van der Waals surface area contributed by atoms with Crippen LogP contribution in [-0.2, 0) is 4.79 Å². The van der Waals surface area contributed by atoms with Crippen molar-refractivity contribution in [1.29, 1.82) is 0 Å². The molecule has 1 amide bonds. The van der Waals surface area contributed by atoms with Crippen LogP contribution < -0.4 is 15.8 Å². The lowest BCUT2D eigenvalue weighted by Gasteiger charge is -2.35. The molecule has 0 saturated carbocycles. The molecule has 3 aromatic rings. The third-order valence-corrected chi connectivity index (χ3v) is 8.07. The van der Waals surface area contributed by atoms with E-state index in [0.29, 0.717) is 48.9 Å². The van der Waals surface area contributed by atoms with Crippen molar-refractivity contribution in [2.45, 2.75) is 39.2 Å². The monoisotopic (exact) mass is 573 g/mol. The van der Waals surface area contributed by atoms with E-state index in [1.165, 1.54) is 11.3 Å². The number of carbonyl (C=O) groups is 1. The summed E-state index contributed by atoms with van der Waals surface area (Å²) in [4.78, 5) is 49.2. The summed E-state index contributed by atoms with van der Waals surface area (Å²) in [6.07, 6.45) is 5.84. The fraction of sp³-hybridized carbons (Fsp3) is 0.516. The number of likely N-dealkylation sites (tertiary alicyclic amines) is 1. The summed E-state index contributed by atoms with van der Waals surface area (Å²) in [5.74, 6) is 0.308. The Bertz CT molecular complexity index is 1520. The maximum atomic E-state index is 13.7. The van der Waals surface area contributed by atoms with Crippen LogP contribution in [0.4, 0.5) is 17.3 Å². The van der Waals surface area contributed by atoms with Crippen molar-refractivity contribution in [3.63, 3.8) is 0 Å². The molecule has 1 atom stereocenters. The van der Waals surface area contributed by atoms with E-state index in [-0.39, 0.29) is 23.4 Å². The van der Waals surface area contributed by atoms with E-state index < -0.39 is 0 Å². The highest BCUT2D eigenvalue weighted by Crippen LogP contribution is 2.28. The SMILES string of the molecule is Cc1cc(Nc2ncc3nc(C(C)C)c(=O)n(C4CCN(C(=O)C=CCN(C)C)C4)c3n2)ccc1N1CCN(C)CC1. The summed E-state index contributed by atoms with van der Waals surface area (Å²) in [6.45, 7) is 11.9. The van der Waals surface area contributed by atoms with Crippen LogP contribution in [-0.4, -0.2) is 107 Å². The summed E-state index contributed by atoms with van der Waals surface area (Å²) < 4.78 is 1.74. The van der Waals surface area contributed by atoms with Gasteiger partial charge in [0.25, 0.3) is 5.56 Å². The number of hydrogen-bond donors (Lipinski definition) is 1. The molecule has 11 nitrogen and oxygen atoms in total. The average molecular weight is 574 g/mol. The number of benzene rings is 1. The van der Waals surface area contributed by atoms with E-state index in [9.17, 15) is 9.59 Å². The van der Waals surface area contributed by atoms with Gasteiger partial charge in [-0.25, -0.2) is 9.97 Å². The Morgan fingerprint density at radius 1 is 1.14 bits per heavy atom. The molecular weight excluding hydrogens is 530 g/mol. The number of piperazine rings is 1. The van der Waals surface area contributed by atoms with Crippen molar-refractivity contribution in [1.82, 2.24) is 34.2 Å². The van der Waals surface area contributed by atoms with Crippen molar-refractivity contribution in [2.24, 2.45) is 0 Å². The number of carbonyl (C=O) groups excluding carboxylic acids is 1. The number of aromatic nitrogens is 4. The van der Waals surface area contributed by atoms with Gasteiger partial charge in [-0.05, 0) is 58.3 Å². The van der Waals surface area contributed by atoms with Gasteiger partial charge in [-0.3, -0.25) is 14.2 Å². The van der Waals surface area contributed by atoms with Gasteiger partial charge in [0.2, 0.25) is 11.9 Å². The van der Waals surface area contributed by atoms with Gasteiger partial charge < -0.3 is 24.9 Å². The molecule has 0 radical (unpaired) electrons. The highest BCUT2D eigenvalue weighted by molar-refractivity contribution is 5.87. The smallest absolute Gasteiger partial charge is 0.274 e. The first-order chi connectivity index (χ1) is 20.1. The lowest BCUT2D eigenvalue weighted by Crippen LogP contribution is -2.44. The van der Waals surface area contributed by atoms with Gasteiger partial charge >= 0.3 is 0 Å². The van der Waals surface area contributed by atoms with E-state index >= 15 is 0 Å². The van der Waals surface area contributed by atoms with E-state index in [4.69, 9.17) is 4.98 Å². The number of likely N-dealkylation sites (N-methyl/N-ethyl adjacent to an activating group) is 2. The molecule has 2 fully saturated rings. The van der Waals surface area contributed by atoms with Crippen molar-refractivity contribution in [3.05, 3.63) is 58.2 Å². The molecule has 224 valence electrons. The molecule has 0 aliphatic carbocycles. The van der Waals surface area contributed by atoms with E-state index in [2.05, 4.69) is 51.2 Å². The zero-order valence-corrected chi connectivity index (χ0v) is 25.7. The molecule has 1 N–H and O–H groups in total. The molecule has 2 aliphatic heterocycles. The predicted molar refractivity (Wildman–Crippen MR) is 168 cm³/mol. The predicted octanol–water partition coefficient (Wildman–Crippen LogP) is 3.00. The second-order valence-electron chi connectivity index (χ2n) is 12.0. The Kier molecular flexibility index (Phi) is 8.88. The molecule has 11 heteroatoms. The van der Waals surface area contributed by atoms with Gasteiger partial charge in [-0.15, -0.1) is 0 Å². The highest BCUT2D eigenvalue weighted by Gasteiger charge is 2.30. The number of rotatable bonds is 8. The fourth-order valence-corrected chi connectivity index (χ4v) is 5.68. The van der Waals surface area contributed by atoms with Crippen LogP contribution in [0.25, 0.3) is 11.2 Å². The minimum atomic E-state index is -0.195. The van der Waals surface area contributed by atoms with Crippen LogP contribution >= 0.6 is 0 Å². The maximum absolute atomic E-state index is 13.7. The Hall–Kier alpha value is -3.83. The Labute approximate surface area is 247 Å². The number of aryl methyl sites for hydroxylation is 1. The molecule has 2 aliphatic rings. The van der Waals surface area contributed by atoms with E-state index in [0.717, 1.165) is 31.9 Å². The normalized spacial score (nSPS) is 18.2. The molecule has 2 aromatic heterocycles. The molecule has 0 bridgehead atoms. The van der Waals surface area contributed by atoms with Crippen LogP contribution in [0.3, 0.4) is 0 Å². The number of hydrogen-bond acceptors (Lipinski definition) is 9. The molecule has 2 saturated heterocycles. The van der Waals surface area contributed by atoms with Crippen molar-refractivity contribution in [3.8, 4) is 0 Å². The number of amides is 1. The average Bonchev–Trinajstić information content (AvgIpc) is 3.43. The number of anilines is 3. The van der Waals surface area contributed by atoms with Crippen LogP contribution in [0.2, 0.25) is 0 Å². The topological polar surface area (TPSA) is 103 Å². The van der Waals surface area contributed by atoms with Crippen molar-refractivity contribution >= 4 is 34.4 Å². The third-order valence-electron chi connectivity index (χ3n) is 8.07. The second-order valence-corrected chi connectivity index (χ2v) is 12.0. The van der Waals surface area contributed by atoms with Gasteiger partial charge in [-0.1, -0.05) is 19.9 Å². The lowest BCUT2D eigenvalue weighted by molar-refractivity contribution is -0.125. The minimum Gasteiger partial charge on any atom is -0.369 e. The van der Waals surface area contributed by atoms with Crippen LogP contribution in [0.1, 0.15) is 43.5 Å². The van der Waals surface area contributed by atoms with Gasteiger partial charge in [0.15, 0.2) is 5.65 Å². The zero-order chi connectivity index (χ0) is 30.0. The molecular formula is C31H43N9O2. The molecule has 5 rings (SSSR count). The maximum Gasteiger partial charge on any atom is 0.274 e. The minimum absolute atomic E-state index is 0.0396. The number of fused-ring (bicyclic) bond motifs is 1. The molecule has 0 spiro atoms. The Morgan fingerprint density at radius 2 is 1.90 bits per heavy atom. The molecule has 1 aromatic carbocycles. The van der Waals surface area contributed by atoms with Crippen LogP contribution in [0, 0.1) is 6.92 Å². The van der Waals surface area contributed by atoms with E-state index in [1.54, 1.807) is 21.7 Å². The summed E-state index contributed by atoms with van der Waals surface area (Å²) in [5, 5.41) is 3.34. The standard InChI is InChI=1S/C31H43N9O2/c1-21(2)28-30(42)40(24-11-13-39(20-24)27(41)8-7-12-36(4)5)29-25(34-28)19-32-31(35-29)33-23-9-10-26(22(3)18-23)38-16-14-37(6)15-17-38/h7-10,18-19,21,24H,11-17,20H2,1-6H3,(H,32,33,35). The number of nitrogens with one attached hydrogen (secondary N) is 1. The zero-order valence-electron chi connectivity index (χ0n) is 25.7. The molecule has 4 heterocycles. The van der Waals surface area contributed by atoms with Gasteiger partial charge in [0.05, 0.1) is 12.2 Å². The van der Waals surface area contributed by atoms with Gasteiger partial charge in [-0.2, -0.15) is 4.98 Å². The van der Waals surface area contributed by atoms with Crippen molar-refractivity contribution < 1.29 is 4.79 Å². The quantitative estimate of drug-likeness (QED) is 0.408. The molecule has 1 unspecified atom stereocenters. The second kappa shape index (κ2) is 12.6. The fourth-order valence-electron chi connectivity index (χ4n) is 5.68. The van der Waals surface area contributed by atoms with Crippen LogP contribution in [0.15, 0.2) is 41.3 Å². The highest BCUT2D eigenvalue weighted by atomic mass is 16.2. The Morgan fingerprint density at radius 3 is 2.60 bits per heavy atom. The first-order valence-corrected chi connectivity index (χ1v) is 14.8. The third kappa shape index (κ3) is 6.47. The largest absolute Gasteiger partial charge is 0.369 e. The summed E-state index contributed by atoms with van der Waals surface area (Å²) >= 11 is 0. The first kappa shape index (κ1) is 29.7. The first-order valence-electron chi connectivity index (χ1n) is 14.8. The Balaban J connectivity index is 1.42. The van der Waals surface area contributed by atoms with Gasteiger partial charge in [0.1, 0.15) is 11.2 Å². The number of nitrogens with zero attached hydrogens (tertiary/aromatic N) is 8. The van der Waals surface area contributed by atoms with E-state index in [1.807, 2.05) is 45.0 Å². The molecule has 42 heavy (non-hydrogen) atoms. The van der Waals surface area contributed by atoms with Gasteiger partial charge in [0, 0.05) is 69.2 Å². The summed E-state index contributed by atoms with van der Waals surface area (Å²) in [7, 11) is 6.08. The lowest BCUT2D eigenvalue weighted by atomic mass is 10.1. The van der Waals surface area contributed by atoms with Crippen molar-refractivity contribution in [2.75, 3.05) is 77.2 Å². The summed E-state index contributed by atoms with van der Waals surface area (Å²) in [5.41, 5.74) is 4.68. The van der Waals surface area contributed by atoms with Crippen LogP contribution in [0.5, 0.6) is 0 Å².